The van der Waals surface area contributed by atoms with Gasteiger partial charge in [0, 0.05) is 0 Å². The van der Waals surface area contributed by atoms with E-state index in [2.05, 4.69) is 0 Å². The highest BCUT2D eigenvalue weighted by Crippen LogP contribution is 2.15. The van der Waals surface area contributed by atoms with Crippen LogP contribution in [0.2, 0.25) is 0 Å². The molecule has 0 atom stereocenters. The van der Waals surface area contributed by atoms with Crippen LogP contribution in [0.5, 0.6) is 0 Å². The minimum Gasteiger partial charge on any atom is -0.282 e. The van der Waals surface area contributed by atoms with Gasteiger partial charge in [-0.2, -0.15) is 8.42 Å². The van der Waals surface area contributed by atoms with Crippen LogP contribution >= 0.6 is 0 Å². The topological polar surface area (TPSA) is 102 Å². The molecular weight excluding hydrogens is 216 g/mol. The van der Waals surface area contributed by atoms with Crippen molar-refractivity contribution in [2.75, 3.05) is 0 Å². The van der Waals surface area contributed by atoms with E-state index in [-0.39, 0.29) is 4.90 Å². The molecule has 0 unspecified atom stereocenters. The lowest BCUT2D eigenvalue weighted by atomic mass is 10.2. The Hall–Kier alpha value is -1.49. The molecule has 15 heavy (non-hydrogen) atoms. The van der Waals surface area contributed by atoms with E-state index in [4.69, 9.17) is 15.4 Å². The molecule has 0 radical (unpaired) electrons. The summed E-state index contributed by atoms with van der Waals surface area (Å²) in [5, 5.41) is 11.2. The Morgan fingerprint density at radius 1 is 1.27 bits per heavy atom. The molecule has 82 valence electrons. The van der Waals surface area contributed by atoms with Crippen LogP contribution in [0.4, 0.5) is 0 Å². The van der Waals surface area contributed by atoms with Gasteiger partial charge in [0.05, 0.1) is 10.9 Å². The number of hydrogen-bond acceptors (Lipinski definition) is 4. The van der Waals surface area contributed by atoms with E-state index in [9.17, 15) is 8.42 Å². The third-order valence-electron chi connectivity index (χ3n) is 1.61. The maximum Gasteiger partial charge on any atom is 0.294 e. The molecule has 6 heteroatoms. The van der Waals surface area contributed by atoms with Crippen molar-refractivity contribution in [2.24, 2.45) is 0 Å². The molecule has 0 fully saturated rings. The fourth-order valence-electron chi connectivity index (χ4n) is 1.09. The molecule has 0 aliphatic heterocycles. The molecule has 5 nitrogen and oxygen atoms in total. The third kappa shape index (κ3) is 4.51. The largest absolute Gasteiger partial charge is 0.294 e. The Balaban J connectivity index is 0.000000583. The lowest BCUT2D eigenvalue weighted by Gasteiger charge is -2.02. The molecule has 3 N–H and O–H groups in total. The van der Waals surface area contributed by atoms with Gasteiger partial charge in [-0.25, -0.2) is 10.8 Å². The summed E-state index contributed by atoms with van der Waals surface area (Å²) in [5.74, 6) is 0. The number of aryl methyl sites for hydroxylation is 2. The molecule has 1 aromatic rings. The van der Waals surface area contributed by atoms with Crippen molar-refractivity contribution in [1.82, 2.24) is 0 Å². The summed E-state index contributed by atoms with van der Waals surface area (Å²) in [5.41, 5.74) is 1.54. The van der Waals surface area contributed by atoms with E-state index in [1.807, 2.05) is 6.92 Å². The molecule has 0 heterocycles. The van der Waals surface area contributed by atoms with Crippen molar-refractivity contribution < 1.29 is 13.0 Å². The summed E-state index contributed by atoms with van der Waals surface area (Å²) >= 11 is 0. The first-order chi connectivity index (χ1) is 6.82. The summed E-state index contributed by atoms with van der Waals surface area (Å²) in [7, 11) is -4.05. The number of benzene rings is 1. The quantitative estimate of drug-likeness (QED) is 0.505. The van der Waals surface area contributed by atoms with Crippen LogP contribution in [-0.2, 0) is 10.1 Å². The van der Waals surface area contributed by atoms with E-state index in [1.165, 1.54) is 12.1 Å². The van der Waals surface area contributed by atoms with Gasteiger partial charge in [-0.05, 0) is 25.5 Å². The second-order valence-corrected chi connectivity index (χ2v) is 4.26. The van der Waals surface area contributed by atoms with E-state index in [0.717, 1.165) is 5.56 Å². The normalized spacial score (nSPS) is 9.80. The van der Waals surface area contributed by atoms with Crippen molar-refractivity contribution in [3.8, 4) is 0 Å². The number of nitrogens with one attached hydrogen (secondary N) is 2. The van der Waals surface area contributed by atoms with Gasteiger partial charge >= 0.3 is 0 Å². The highest BCUT2D eigenvalue weighted by Gasteiger charge is 2.11. The molecule has 0 saturated carbocycles. The van der Waals surface area contributed by atoms with Crippen LogP contribution in [0.25, 0.3) is 0 Å². The van der Waals surface area contributed by atoms with Gasteiger partial charge in [-0.15, -0.1) is 0 Å². The summed E-state index contributed by atoms with van der Waals surface area (Å²) < 4.78 is 30.2. The average Bonchev–Trinajstić information content (AvgIpc) is 2.02. The lowest BCUT2D eigenvalue weighted by molar-refractivity contribution is 0.482. The smallest absolute Gasteiger partial charge is 0.282 e. The Kier molecular flexibility index (Phi) is 4.87. The van der Waals surface area contributed by atoms with E-state index in [1.54, 1.807) is 19.1 Å². The van der Waals surface area contributed by atoms with Gasteiger partial charge in [-0.3, -0.25) is 4.55 Å². The monoisotopic (exact) mass is 228 g/mol. The summed E-state index contributed by atoms with van der Waals surface area (Å²) in [4.78, 5) is -0.0203. The van der Waals surface area contributed by atoms with Gasteiger partial charge < -0.3 is 0 Å². The standard InChI is InChI=1S/C8H10O3S.CH2N2/c1-6-3-4-8(7(2)5-6)12(9,10)11;2-1-3/h3-5H,1-2H3,(H,9,10,11);2-3H. The first-order valence-electron chi connectivity index (χ1n) is 3.96. The van der Waals surface area contributed by atoms with Gasteiger partial charge in [0.2, 0.25) is 0 Å². The summed E-state index contributed by atoms with van der Waals surface area (Å²) in [6.07, 6.45) is 0. The number of rotatable bonds is 1. The fraction of sp³-hybridized carbons (Fsp3) is 0.222. The van der Waals surface area contributed by atoms with E-state index < -0.39 is 10.1 Å². The summed E-state index contributed by atoms with van der Waals surface area (Å²) in [6.45, 7) is 3.51. The van der Waals surface area contributed by atoms with Crippen molar-refractivity contribution >= 4 is 16.1 Å². The predicted octanol–water partition coefficient (Wildman–Crippen LogP) is 1.87. The Morgan fingerprint density at radius 2 is 1.73 bits per heavy atom. The van der Waals surface area contributed by atoms with Gasteiger partial charge in [-0.1, -0.05) is 17.7 Å². The SMILES string of the molecule is Cc1ccc(S(=O)(=O)O)c(C)c1.N=C=N. The van der Waals surface area contributed by atoms with Crippen molar-refractivity contribution in [1.29, 1.82) is 10.8 Å². The highest BCUT2D eigenvalue weighted by atomic mass is 32.2. The second-order valence-electron chi connectivity index (χ2n) is 2.87. The van der Waals surface area contributed by atoms with Crippen molar-refractivity contribution in [3.05, 3.63) is 29.3 Å². The molecule has 0 bridgehead atoms. The molecule has 1 aromatic carbocycles. The third-order valence-corrected chi connectivity index (χ3v) is 2.62. The molecule has 0 amide bonds. The van der Waals surface area contributed by atoms with Crippen LogP contribution in [0, 0.1) is 24.7 Å². The fourth-order valence-corrected chi connectivity index (χ4v) is 1.79. The molecule has 0 spiro atoms. The average molecular weight is 228 g/mol. The van der Waals surface area contributed by atoms with Crippen molar-refractivity contribution in [3.63, 3.8) is 0 Å². The molecule has 0 aromatic heterocycles. The molecular formula is C9H12N2O3S. The van der Waals surface area contributed by atoms with Gasteiger partial charge in [0.1, 0.15) is 0 Å². The van der Waals surface area contributed by atoms with E-state index in [0.29, 0.717) is 5.56 Å². The first-order valence-corrected chi connectivity index (χ1v) is 5.40. The zero-order valence-electron chi connectivity index (χ0n) is 8.40. The maximum atomic E-state index is 10.7. The minimum atomic E-state index is -4.05. The van der Waals surface area contributed by atoms with Crippen molar-refractivity contribution in [2.45, 2.75) is 18.7 Å². The molecule has 0 saturated heterocycles. The number of hydrogen-bond donors (Lipinski definition) is 3. The van der Waals surface area contributed by atoms with Gasteiger partial charge in [0.25, 0.3) is 10.1 Å². The Bertz CT molecular complexity index is 474. The minimum absolute atomic E-state index is 0.0203. The second kappa shape index (κ2) is 5.41. The Labute approximate surface area is 88.5 Å². The molecule has 0 aliphatic rings. The van der Waals surface area contributed by atoms with Crippen LogP contribution in [0.15, 0.2) is 23.1 Å². The maximum absolute atomic E-state index is 10.7. The lowest BCUT2D eigenvalue weighted by Crippen LogP contribution is -2.00. The van der Waals surface area contributed by atoms with Crippen LogP contribution in [0.3, 0.4) is 0 Å². The first kappa shape index (κ1) is 13.5. The summed E-state index contributed by atoms with van der Waals surface area (Å²) in [6, 6.07) is 6.01. The van der Waals surface area contributed by atoms with E-state index >= 15 is 0 Å². The Morgan fingerprint density at radius 3 is 2.07 bits per heavy atom. The molecule has 0 aliphatic carbocycles. The van der Waals surface area contributed by atoms with Crippen LogP contribution < -0.4 is 0 Å². The zero-order valence-corrected chi connectivity index (χ0v) is 9.22. The molecule has 1 rings (SSSR count). The highest BCUT2D eigenvalue weighted by molar-refractivity contribution is 7.85. The van der Waals surface area contributed by atoms with Crippen LogP contribution in [0.1, 0.15) is 11.1 Å². The van der Waals surface area contributed by atoms with Gasteiger partial charge in [0.15, 0.2) is 0 Å². The predicted molar refractivity (Wildman–Crippen MR) is 56.2 cm³/mol. The van der Waals surface area contributed by atoms with Crippen LogP contribution in [-0.4, -0.2) is 19.0 Å². The zero-order chi connectivity index (χ0) is 12.1.